The van der Waals surface area contributed by atoms with Gasteiger partial charge in [-0.05, 0) is 30.7 Å². The van der Waals surface area contributed by atoms with Crippen LogP contribution in [-0.4, -0.2) is 37.2 Å². The number of methoxy groups -OCH3 is 1. The number of carbonyl (C=O) groups excluding carboxylic acids is 1. The summed E-state index contributed by atoms with van der Waals surface area (Å²) in [5.41, 5.74) is 6.30. The molecule has 1 aromatic rings. The maximum atomic E-state index is 11.9. The van der Waals surface area contributed by atoms with Crippen LogP contribution in [0.1, 0.15) is 16.8 Å². The van der Waals surface area contributed by atoms with Crippen LogP contribution in [0.25, 0.3) is 0 Å². The highest BCUT2D eigenvalue weighted by Gasteiger charge is 2.31. The third-order valence-electron chi connectivity index (χ3n) is 3.26. The number of amides is 1. The number of ether oxygens (including phenoxy) is 1. The van der Waals surface area contributed by atoms with Crippen molar-refractivity contribution < 1.29 is 19.4 Å². The number of anilines is 1. The molecule has 19 heavy (non-hydrogen) atoms. The number of aromatic carboxylic acids is 1. The number of nitrogens with two attached hydrogens (primary N) is 1. The Hall–Kier alpha value is -2.08. The summed E-state index contributed by atoms with van der Waals surface area (Å²) in [5, 5.41) is 8.94. The highest BCUT2D eigenvalue weighted by molar-refractivity contribution is 5.98. The van der Waals surface area contributed by atoms with Crippen molar-refractivity contribution >= 4 is 17.6 Å². The normalized spacial score (nSPS) is 18.7. The Morgan fingerprint density at radius 3 is 2.84 bits per heavy atom. The summed E-state index contributed by atoms with van der Waals surface area (Å²) in [4.78, 5) is 24.4. The molecule has 6 heteroatoms. The SMILES string of the molecule is COc1cc(C(=O)O)ccc1N1CC(CN)CC1=O. The van der Waals surface area contributed by atoms with Crippen LogP contribution >= 0.6 is 0 Å². The van der Waals surface area contributed by atoms with Gasteiger partial charge in [-0.2, -0.15) is 0 Å². The highest BCUT2D eigenvalue weighted by atomic mass is 16.5. The van der Waals surface area contributed by atoms with Crippen molar-refractivity contribution in [1.82, 2.24) is 0 Å². The third-order valence-corrected chi connectivity index (χ3v) is 3.26. The molecule has 102 valence electrons. The Labute approximate surface area is 110 Å². The Kier molecular flexibility index (Phi) is 3.71. The van der Waals surface area contributed by atoms with Gasteiger partial charge in [0.2, 0.25) is 5.91 Å². The first kappa shape index (κ1) is 13.4. The Morgan fingerprint density at radius 1 is 1.58 bits per heavy atom. The van der Waals surface area contributed by atoms with Gasteiger partial charge in [-0.1, -0.05) is 0 Å². The molecule has 1 aliphatic heterocycles. The van der Waals surface area contributed by atoms with Gasteiger partial charge in [0.05, 0.1) is 18.4 Å². The zero-order chi connectivity index (χ0) is 14.0. The first-order chi connectivity index (χ1) is 9.06. The molecule has 3 N–H and O–H groups in total. The molecular formula is C13H16N2O4. The van der Waals surface area contributed by atoms with Crippen molar-refractivity contribution in [2.24, 2.45) is 11.7 Å². The first-order valence-electron chi connectivity index (χ1n) is 5.98. The minimum atomic E-state index is -1.03. The summed E-state index contributed by atoms with van der Waals surface area (Å²) < 4.78 is 5.18. The Balaban J connectivity index is 2.34. The van der Waals surface area contributed by atoms with Gasteiger partial charge in [0.1, 0.15) is 5.75 Å². The zero-order valence-electron chi connectivity index (χ0n) is 10.6. The van der Waals surface area contributed by atoms with Crippen molar-refractivity contribution in [3.8, 4) is 5.75 Å². The van der Waals surface area contributed by atoms with Crippen LogP contribution in [-0.2, 0) is 4.79 Å². The molecule has 1 aliphatic rings. The van der Waals surface area contributed by atoms with E-state index in [9.17, 15) is 9.59 Å². The van der Waals surface area contributed by atoms with Gasteiger partial charge in [-0.15, -0.1) is 0 Å². The van der Waals surface area contributed by atoms with Crippen LogP contribution in [0.3, 0.4) is 0 Å². The molecule has 2 rings (SSSR count). The second-order valence-corrected chi connectivity index (χ2v) is 4.50. The Bertz CT molecular complexity index is 515. The fourth-order valence-electron chi connectivity index (χ4n) is 2.21. The van der Waals surface area contributed by atoms with E-state index in [4.69, 9.17) is 15.6 Å². The molecule has 1 unspecified atom stereocenters. The lowest BCUT2D eigenvalue weighted by Crippen LogP contribution is -2.26. The first-order valence-corrected chi connectivity index (χ1v) is 5.98. The molecule has 0 aromatic heterocycles. The van der Waals surface area contributed by atoms with Crippen LogP contribution in [0.2, 0.25) is 0 Å². The number of hydrogen-bond donors (Lipinski definition) is 2. The minimum Gasteiger partial charge on any atom is -0.495 e. The number of carboxylic acids is 1. The molecule has 1 amide bonds. The second-order valence-electron chi connectivity index (χ2n) is 4.50. The number of carboxylic acid groups (broad SMARTS) is 1. The largest absolute Gasteiger partial charge is 0.495 e. The van der Waals surface area contributed by atoms with Crippen molar-refractivity contribution in [1.29, 1.82) is 0 Å². The quantitative estimate of drug-likeness (QED) is 0.835. The van der Waals surface area contributed by atoms with E-state index in [2.05, 4.69) is 0 Å². The molecule has 0 saturated carbocycles. The molecule has 1 heterocycles. The predicted octanol–water partition coefficient (Wildman–Crippen LogP) is 0.705. The molecular weight excluding hydrogens is 248 g/mol. The van der Waals surface area contributed by atoms with Crippen LogP contribution in [0.4, 0.5) is 5.69 Å². The van der Waals surface area contributed by atoms with E-state index >= 15 is 0 Å². The average molecular weight is 264 g/mol. The number of nitrogens with zero attached hydrogens (tertiary/aromatic N) is 1. The molecule has 0 radical (unpaired) electrons. The highest BCUT2D eigenvalue weighted by Crippen LogP contribution is 2.33. The van der Waals surface area contributed by atoms with Crippen LogP contribution in [0.15, 0.2) is 18.2 Å². The van der Waals surface area contributed by atoms with E-state index in [-0.39, 0.29) is 17.4 Å². The zero-order valence-corrected chi connectivity index (χ0v) is 10.6. The maximum absolute atomic E-state index is 11.9. The molecule has 0 spiro atoms. The van der Waals surface area contributed by atoms with Crippen molar-refractivity contribution in [3.63, 3.8) is 0 Å². The van der Waals surface area contributed by atoms with Crippen LogP contribution in [0.5, 0.6) is 5.75 Å². The van der Waals surface area contributed by atoms with Gasteiger partial charge in [-0.3, -0.25) is 4.79 Å². The van der Waals surface area contributed by atoms with Gasteiger partial charge in [0, 0.05) is 13.0 Å². The molecule has 6 nitrogen and oxygen atoms in total. The van der Waals surface area contributed by atoms with Gasteiger partial charge < -0.3 is 20.5 Å². The lowest BCUT2D eigenvalue weighted by Gasteiger charge is -2.19. The lowest BCUT2D eigenvalue weighted by molar-refractivity contribution is -0.117. The summed E-state index contributed by atoms with van der Waals surface area (Å²) in [5.74, 6) is -0.531. The van der Waals surface area contributed by atoms with E-state index in [1.807, 2.05) is 0 Å². The van der Waals surface area contributed by atoms with E-state index in [1.54, 1.807) is 11.0 Å². The topological polar surface area (TPSA) is 92.9 Å². The third kappa shape index (κ3) is 2.53. The fourth-order valence-corrected chi connectivity index (χ4v) is 2.21. The van der Waals surface area contributed by atoms with E-state index < -0.39 is 5.97 Å². The van der Waals surface area contributed by atoms with Crippen molar-refractivity contribution in [2.45, 2.75) is 6.42 Å². The number of hydrogen-bond acceptors (Lipinski definition) is 4. The van der Waals surface area contributed by atoms with E-state index in [0.29, 0.717) is 30.9 Å². The summed E-state index contributed by atoms with van der Waals surface area (Å²) in [6.45, 7) is 0.996. The van der Waals surface area contributed by atoms with Crippen molar-refractivity contribution in [2.75, 3.05) is 25.1 Å². The number of benzene rings is 1. The van der Waals surface area contributed by atoms with Gasteiger partial charge >= 0.3 is 5.97 Å². The number of carbonyl (C=O) groups is 2. The molecule has 1 atom stereocenters. The second kappa shape index (κ2) is 5.27. The average Bonchev–Trinajstić information content (AvgIpc) is 2.79. The van der Waals surface area contributed by atoms with Gasteiger partial charge in [0.15, 0.2) is 0 Å². The summed E-state index contributed by atoms with van der Waals surface area (Å²) in [6.07, 6.45) is 0.417. The van der Waals surface area contributed by atoms with Crippen LogP contribution < -0.4 is 15.4 Å². The minimum absolute atomic E-state index is 0.0168. The summed E-state index contributed by atoms with van der Waals surface area (Å²) in [6, 6.07) is 4.48. The molecule has 1 aromatic carbocycles. The predicted molar refractivity (Wildman–Crippen MR) is 69.5 cm³/mol. The van der Waals surface area contributed by atoms with Crippen molar-refractivity contribution in [3.05, 3.63) is 23.8 Å². The number of rotatable bonds is 4. The Morgan fingerprint density at radius 2 is 2.32 bits per heavy atom. The van der Waals surface area contributed by atoms with Gasteiger partial charge in [0.25, 0.3) is 0 Å². The maximum Gasteiger partial charge on any atom is 0.335 e. The van der Waals surface area contributed by atoms with Crippen LogP contribution in [0, 0.1) is 5.92 Å². The van der Waals surface area contributed by atoms with E-state index in [0.717, 1.165) is 0 Å². The molecule has 1 fully saturated rings. The monoisotopic (exact) mass is 264 g/mol. The lowest BCUT2D eigenvalue weighted by atomic mass is 10.1. The van der Waals surface area contributed by atoms with E-state index in [1.165, 1.54) is 19.2 Å². The summed E-state index contributed by atoms with van der Waals surface area (Å²) in [7, 11) is 1.45. The van der Waals surface area contributed by atoms with Gasteiger partial charge in [-0.25, -0.2) is 4.79 Å². The molecule has 1 saturated heterocycles. The molecule has 0 bridgehead atoms. The smallest absolute Gasteiger partial charge is 0.335 e. The molecule has 0 aliphatic carbocycles. The summed E-state index contributed by atoms with van der Waals surface area (Å²) >= 11 is 0. The fraction of sp³-hybridized carbons (Fsp3) is 0.385. The standard InChI is InChI=1S/C13H16N2O4/c1-19-11-5-9(13(17)18)2-3-10(11)15-7-8(6-14)4-12(15)16/h2-3,5,8H,4,6-7,14H2,1H3,(H,17,18).